The zero-order valence-electron chi connectivity index (χ0n) is 6.74. The van der Waals surface area contributed by atoms with Crippen LogP contribution in [0.2, 0.25) is 0 Å². The Labute approximate surface area is 83.1 Å². The van der Waals surface area contributed by atoms with Crippen molar-refractivity contribution >= 4 is 30.8 Å². The average molecular weight is 233 g/mol. The fourth-order valence-electron chi connectivity index (χ4n) is 1.23. The van der Waals surface area contributed by atoms with E-state index in [1.807, 2.05) is 0 Å². The van der Waals surface area contributed by atoms with Crippen LogP contribution in [0.15, 0.2) is 27.9 Å². The Morgan fingerprint density at radius 3 is 2.57 bits per heavy atom. The molecule has 0 spiro atoms. The lowest BCUT2D eigenvalue weighted by atomic mass is 10.3. The Hall–Kier alpha value is -1.27. The number of H-pyrrole nitrogens is 2. The highest BCUT2D eigenvalue weighted by Gasteiger charge is 2.15. The lowest BCUT2D eigenvalue weighted by Gasteiger charge is -1.96. The first kappa shape index (κ1) is 9.29. The first-order chi connectivity index (χ1) is 6.48. The molecule has 1 aromatic heterocycles. The van der Waals surface area contributed by atoms with Gasteiger partial charge in [-0.1, -0.05) is 6.07 Å². The molecule has 0 saturated heterocycles. The molecule has 5 nitrogen and oxygen atoms in total. The average Bonchev–Trinajstić information content (AvgIpc) is 2.41. The summed E-state index contributed by atoms with van der Waals surface area (Å²) in [6.45, 7) is 0. The fourth-order valence-corrected chi connectivity index (χ4v) is 2.27. The molecular formula is C7H5ClN2O3S. The highest BCUT2D eigenvalue weighted by molar-refractivity contribution is 8.14. The highest BCUT2D eigenvalue weighted by Crippen LogP contribution is 2.21. The minimum Gasteiger partial charge on any atom is -0.306 e. The van der Waals surface area contributed by atoms with Crippen LogP contribution in [0, 0.1) is 0 Å². The molecule has 7 heteroatoms. The monoisotopic (exact) mass is 232 g/mol. The largest absolute Gasteiger partial charge is 0.323 e. The van der Waals surface area contributed by atoms with Gasteiger partial charge in [0.1, 0.15) is 4.90 Å². The summed E-state index contributed by atoms with van der Waals surface area (Å²) in [5, 5.41) is 0. The molecular weight excluding hydrogens is 228 g/mol. The molecule has 0 bridgehead atoms. The number of halogens is 1. The molecule has 2 aromatic rings. The Balaban J connectivity index is 2.98. The van der Waals surface area contributed by atoms with Gasteiger partial charge in [0, 0.05) is 10.7 Å². The summed E-state index contributed by atoms with van der Waals surface area (Å²) in [5.41, 5.74) is 0.150. The van der Waals surface area contributed by atoms with Crippen LogP contribution in [0.25, 0.3) is 11.0 Å². The molecule has 0 aliphatic carbocycles. The molecule has 1 heterocycles. The lowest BCUT2D eigenvalue weighted by molar-refractivity contribution is 0.610. The third-order valence-electron chi connectivity index (χ3n) is 1.78. The molecule has 0 radical (unpaired) electrons. The van der Waals surface area contributed by atoms with E-state index in [0.29, 0.717) is 5.52 Å². The van der Waals surface area contributed by atoms with Gasteiger partial charge in [-0.05, 0) is 12.1 Å². The van der Waals surface area contributed by atoms with E-state index in [0.717, 1.165) is 0 Å². The summed E-state index contributed by atoms with van der Waals surface area (Å²) >= 11 is 0. The third kappa shape index (κ3) is 1.42. The maximum atomic E-state index is 11.1. The van der Waals surface area contributed by atoms with Gasteiger partial charge in [-0.25, -0.2) is 13.2 Å². The SMILES string of the molecule is O=c1[nH]c2cccc(S(=O)(=O)Cl)c2[nH]1. The van der Waals surface area contributed by atoms with Crippen molar-refractivity contribution < 1.29 is 8.42 Å². The zero-order valence-corrected chi connectivity index (χ0v) is 8.32. The predicted octanol–water partition coefficient (Wildman–Crippen LogP) is 0.784. The van der Waals surface area contributed by atoms with Crippen molar-refractivity contribution in [3.8, 4) is 0 Å². The molecule has 0 saturated carbocycles. The van der Waals surface area contributed by atoms with Gasteiger partial charge < -0.3 is 9.97 Å². The van der Waals surface area contributed by atoms with Crippen LogP contribution >= 0.6 is 10.7 Å². The van der Waals surface area contributed by atoms with Gasteiger partial charge in [0.15, 0.2) is 0 Å². The highest BCUT2D eigenvalue weighted by atomic mass is 35.7. The van der Waals surface area contributed by atoms with Gasteiger partial charge in [-0.2, -0.15) is 0 Å². The number of hydrogen-bond acceptors (Lipinski definition) is 3. The molecule has 0 fully saturated rings. The molecule has 0 unspecified atom stereocenters. The van der Waals surface area contributed by atoms with Crippen molar-refractivity contribution in [1.29, 1.82) is 0 Å². The summed E-state index contributed by atoms with van der Waals surface area (Å²) in [7, 11) is 1.35. The number of aromatic amines is 2. The number of fused-ring (bicyclic) bond motifs is 1. The zero-order chi connectivity index (χ0) is 10.3. The molecule has 14 heavy (non-hydrogen) atoms. The van der Waals surface area contributed by atoms with Crippen LogP contribution in [-0.2, 0) is 9.05 Å². The van der Waals surface area contributed by atoms with Crippen LogP contribution in [0.5, 0.6) is 0 Å². The second-order valence-electron chi connectivity index (χ2n) is 2.70. The molecule has 0 aliphatic rings. The van der Waals surface area contributed by atoms with E-state index in [1.165, 1.54) is 12.1 Å². The first-order valence-electron chi connectivity index (χ1n) is 3.64. The first-order valence-corrected chi connectivity index (χ1v) is 5.95. The number of para-hydroxylation sites is 1. The topological polar surface area (TPSA) is 82.8 Å². The van der Waals surface area contributed by atoms with Crippen LogP contribution in [0.1, 0.15) is 0 Å². The Bertz CT molecular complexity index is 640. The summed E-state index contributed by atoms with van der Waals surface area (Å²) in [5.74, 6) is 0. The van der Waals surface area contributed by atoms with E-state index < -0.39 is 14.7 Å². The van der Waals surface area contributed by atoms with Crippen LogP contribution in [0.3, 0.4) is 0 Å². The standard InChI is InChI=1S/C7H5ClN2O3S/c8-14(12,13)5-3-1-2-4-6(5)10-7(11)9-4/h1-3H,(H2,9,10,11). The Morgan fingerprint density at radius 2 is 1.93 bits per heavy atom. The molecule has 2 N–H and O–H groups in total. The number of aromatic nitrogens is 2. The number of hydrogen-bond donors (Lipinski definition) is 2. The second-order valence-corrected chi connectivity index (χ2v) is 5.23. The van der Waals surface area contributed by atoms with E-state index in [1.54, 1.807) is 6.07 Å². The molecule has 74 valence electrons. The summed E-state index contributed by atoms with van der Waals surface area (Å²) < 4.78 is 22.2. The van der Waals surface area contributed by atoms with Crippen LogP contribution in [0.4, 0.5) is 0 Å². The Kier molecular flexibility index (Phi) is 1.90. The minimum absolute atomic E-state index is 0.102. The maximum Gasteiger partial charge on any atom is 0.323 e. The van der Waals surface area contributed by atoms with Crippen molar-refractivity contribution in [1.82, 2.24) is 9.97 Å². The summed E-state index contributed by atoms with van der Waals surface area (Å²) in [6.07, 6.45) is 0. The smallest absolute Gasteiger partial charge is 0.306 e. The van der Waals surface area contributed by atoms with Crippen molar-refractivity contribution in [3.63, 3.8) is 0 Å². The van der Waals surface area contributed by atoms with Crippen LogP contribution in [-0.4, -0.2) is 18.4 Å². The van der Waals surface area contributed by atoms with Gasteiger partial charge in [0.25, 0.3) is 9.05 Å². The molecule has 2 rings (SSSR count). The second kappa shape index (κ2) is 2.86. The molecule has 0 amide bonds. The summed E-state index contributed by atoms with van der Waals surface area (Å²) in [4.78, 5) is 15.6. The maximum absolute atomic E-state index is 11.1. The molecule has 0 atom stereocenters. The van der Waals surface area contributed by atoms with Crippen LogP contribution < -0.4 is 5.69 Å². The lowest BCUT2D eigenvalue weighted by Crippen LogP contribution is -2.00. The number of rotatable bonds is 1. The van der Waals surface area contributed by atoms with Gasteiger partial charge in [0.2, 0.25) is 0 Å². The quantitative estimate of drug-likeness (QED) is 0.713. The van der Waals surface area contributed by atoms with E-state index in [9.17, 15) is 13.2 Å². The van der Waals surface area contributed by atoms with Gasteiger partial charge in [0.05, 0.1) is 11.0 Å². The van der Waals surface area contributed by atoms with Gasteiger partial charge >= 0.3 is 5.69 Å². The van der Waals surface area contributed by atoms with E-state index in [2.05, 4.69) is 9.97 Å². The van der Waals surface area contributed by atoms with E-state index in [-0.39, 0.29) is 10.4 Å². The number of benzene rings is 1. The van der Waals surface area contributed by atoms with Gasteiger partial charge in [-0.3, -0.25) is 0 Å². The van der Waals surface area contributed by atoms with Gasteiger partial charge in [-0.15, -0.1) is 0 Å². The minimum atomic E-state index is -3.83. The molecule has 1 aromatic carbocycles. The normalized spacial score (nSPS) is 12.1. The van der Waals surface area contributed by atoms with Crippen molar-refractivity contribution in [2.24, 2.45) is 0 Å². The molecule has 0 aliphatic heterocycles. The van der Waals surface area contributed by atoms with E-state index >= 15 is 0 Å². The van der Waals surface area contributed by atoms with E-state index in [4.69, 9.17) is 10.7 Å². The number of nitrogens with one attached hydrogen (secondary N) is 2. The van der Waals surface area contributed by atoms with Crippen molar-refractivity contribution in [3.05, 3.63) is 28.7 Å². The third-order valence-corrected chi connectivity index (χ3v) is 3.14. The predicted molar refractivity (Wildman–Crippen MR) is 52.0 cm³/mol. The van der Waals surface area contributed by atoms with Crippen molar-refractivity contribution in [2.75, 3.05) is 0 Å². The fraction of sp³-hybridized carbons (Fsp3) is 0. The Morgan fingerprint density at radius 1 is 1.21 bits per heavy atom. The van der Waals surface area contributed by atoms with Crippen molar-refractivity contribution in [2.45, 2.75) is 4.90 Å². The number of imidazole rings is 1. The summed E-state index contributed by atoms with van der Waals surface area (Å²) in [6, 6.07) is 4.41.